The fourth-order valence-electron chi connectivity index (χ4n) is 2.36. The summed E-state index contributed by atoms with van der Waals surface area (Å²) >= 11 is 1.50. The number of aryl methyl sites for hydroxylation is 1. The van der Waals surface area contributed by atoms with Crippen LogP contribution in [0.3, 0.4) is 0 Å². The fraction of sp³-hybridized carbons (Fsp3) is 0.350. The summed E-state index contributed by atoms with van der Waals surface area (Å²) in [6.07, 6.45) is 0. The Morgan fingerprint density at radius 2 is 1.93 bits per heavy atom. The van der Waals surface area contributed by atoms with Crippen molar-refractivity contribution in [3.05, 3.63) is 70.3 Å². The summed E-state index contributed by atoms with van der Waals surface area (Å²) < 4.78 is 34.4. The average Bonchev–Trinajstić information content (AvgIpc) is 3.11. The lowest BCUT2D eigenvalue weighted by molar-refractivity contribution is 0.205. The molecular weight excluding hydrogens is 394 g/mol. The van der Waals surface area contributed by atoms with Gasteiger partial charge in [0.2, 0.25) is 10.0 Å². The number of hydrogen-bond donors (Lipinski definition) is 1. The van der Waals surface area contributed by atoms with Crippen molar-refractivity contribution in [2.45, 2.75) is 43.5 Å². The maximum Gasteiger partial charge on any atom is 0.241 e. The lowest BCUT2D eigenvalue weighted by Crippen LogP contribution is -2.31. The molecule has 0 bridgehead atoms. The Morgan fingerprint density at radius 3 is 2.44 bits per heavy atom. The zero-order chi connectivity index (χ0) is 20.1. The highest BCUT2D eigenvalue weighted by atomic mass is 32.2. The van der Waals surface area contributed by atoms with Crippen LogP contribution in [0.1, 0.15) is 17.2 Å². The van der Waals surface area contributed by atoms with Gasteiger partial charge in [0.1, 0.15) is 6.04 Å². The Kier molecular flexibility index (Phi) is 7.25. The summed E-state index contributed by atoms with van der Waals surface area (Å²) in [5.74, 6) is 0.405. The van der Waals surface area contributed by atoms with Crippen LogP contribution in [0.2, 0.25) is 25.7 Å². The molecule has 0 saturated carbocycles. The van der Waals surface area contributed by atoms with E-state index in [9.17, 15) is 8.42 Å². The van der Waals surface area contributed by atoms with Gasteiger partial charge in [-0.15, -0.1) is 0 Å². The number of sulfonamides is 1. The average molecular weight is 422 g/mol. The fourth-order valence-corrected chi connectivity index (χ4v) is 4.94. The summed E-state index contributed by atoms with van der Waals surface area (Å²) in [5.41, 5.74) is 4.62. The van der Waals surface area contributed by atoms with Crippen molar-refractivity contribution in [1.82, 2.24) is 4.72 Å². The third-order valence-corrected chi connectivity index (χ3v) is 7.87. The first-order valence-corrected chi connectivity index (χ1v) is 14.9. The van der Waals surface area contributed by atoms with Gasteiger partial charge in [-0.1, -0.05) is 49.6 Å². The van der Waals surface area contributed by atoms with Crippen LogP contribution in [0.25, 0.3) is 0 Å². The van der Waals surface area contributed by atoms with Gasteiger partial charge in [0.05, 0.1) is 11.5 Å². The Balaban J connectivity index is 2.26. The molecule has 4 nitrogen and oxygen atoms in total. The maximum atomic E-state index is 12.9. The molecular formula is C20H27NO3S2Si. The molecule has 27 heavy (non-hydrogen) atoms. The van der Waals surface area contributed by atoms with Crippen molar-refractivity contribution >= 4 is 29.4 Å². The second-order valence-corrected chi connectivity index (χ2v) is 15.7. The summed E-state index contributed by atoms with van der Waals surface area (Å²) in [6.45, 7) is 13.0. The predicted molar refractivity (Wildman–Crippen MR) is 115 cm³/mol. The Labute approximate surface area is 167 Å². The summed E-state index contributed by atoms with van der Waals surface area (Å²) in [6, 6.07) is 8.97. The second-order valence-electron chi connectivity index (χ2n) is 7.62. The van der Waals surface area contributed by atoms with Gasteiger partial charge in [-0.05, 0) is 47.5 Å². The quantitative estimate of drug-likeness (QED) is 0.348. The van der Waals surface area contributed by atoms with Gasteiger partial charge in [0.15, 0.2) is 5.76 Å². The molecule has 0 amide bonds. The normalized spacial score (nSPS) is 13.0. The molecule has 2 rings (SSSR count). The molecule has 1 atom stereocenters. The molecule has 146 valence electrons. The number of benzene rings is 1. The molecule has 1 N–H and O–H groups in total. The number of rotatable bonds is 9. The van der Waals surface area contributed by atoms with E-state index < -0.39 is 24.1 Å². The van der Waals surface area contributed by atoms with Crippen LogP contribution in [0.4, 0.5) is 0 Å². The van der Waals surface area contributed by atoms with Gasteiger partial charge in [-0.3, -0.25) is 0 Å². The molecule has 0 fully saturated rings. The first-order chi connectivity index (χ1) is 12.6. The van der Waals surface area contributed by atoms with Gasteiger partial charge in [-0.2, -0.15) is 16.1 Å². The van der Waals surface area contributed by atoms with E-state index in [1.807, 2.05) is 23.8 Å². The lowest BCUT2D eigenvalue weighted by atomic mass is 10.1. The molecule has 0 spiro atoms. The lowest BCUT2D eigenvalue weighted by Gasteiger charge is -2.22. The van der Waals surface area contributed by atoms with E-state index in [-0.39, 0.29) is 4.90 Å². The van der Waals surface area contributed by atoms with E-state index >= 15 is 0 Å². The molecule has 7 heteroatoms. The summed E-state index contributed by atoms with van der Waals surface area (Å²) in [4.78, 5) is 0.221. The monoisotopic (exact) mass is 421 g/mol. The molecule has 1 unspecified atom stereocenters. The van der Waals surface area contributed by atoms with Crippen LogP contribution in [-0.4, -0.2) is 23.1 Å². The Hall–Kier alpha value is -1.63. The van der Waals surface area contributed by atoms with E-state index in [1.165, 1.54) is 11.3 Å². The van der Waals surface area contributed by atoms with Crippen LogP contribution < -0.4 is 4.72 Å². The van der Waals surface area contributed by atoms with E-state index in [4.69, 9.17) is 4.74 Å². The summed E-state index contributed by atoms with van der Waals surface area (Å²) in [5, 5.41) is 3.81. The van der Waals surface area contributed by atoms with Gasteiger partial charge >= 0.3 is 0 Å². The van der Waals surface area contributed by atoms with Crippen LogP contribution in [0.5, 0.6) is 0 Å². The van der Waals surface area contributed by atoms with Gasteiger partial charge in [0, 0.05) is 8.07 Å². The molecule has 0 aliphatic heterocycles. The van der Waals surface area contributed by atoms with Crippen LogP contribution in [0, 0.1) is 6.92 Å². The molecule has 2 aromatic rings. The molecule has 1 aromatic heterocycles. The van der Waals surface area contributed by atoms with Crippen molar-refractivity contribution in [3.63, 3.8) is 0 Å². The van der Waals surface area contributed by atoms with Crippen molar-refractivity contribution in [2.24, 2.45) is 0 Å². The smallest absolute Gasteiger partial charge is 0.241 e. The first-order valence-electron chi connectivity index (χ1n) is 8.76. The SMILES string of the molecule is C=C=C(OCC[Si](C)(C)C)C(NS(=O)(=O)c1ccc(C)cc1)c1ccsc1. The Morgan fingerprint density at radius 1 is 1.26 bits per heavy atom. The molecule has 1 heterocycles. The standard InChI is InChI=1S/C20H27NO3S2Si/c1-6-19(24-12-14-27(3,4)5)20(17-11-13-25-15-17)21-26(22,23)18-9-7-16(2)8-10-18/h7-11,13,15,20-21H,1,12,14H2,2-5H3. The minimum atomic E-state index is -3.72. The minimum Gasteiger partial charge on any atom is -0.488 e. The highest BCUT2D eigenvalue weighted by Crippen LogP contribution is 2.27. The topological polar surface area (TPSA) is 55.4 Å². The molecule has 0 aliphatic rings. The van der Waals surface area contributed by atoms with Crippen LogP contribution >= 0.6 is 11.3 Å². The first kappa shape index (κ1) is 21.7. The van der Waals surface area contributed by atoms with Gasteiger partial charge < -0.3 is 4.74 Å². The van der Waals surface area contributed by atoms with E-state index in [0.29, 0.717) is 12.4 Å². The number of ether oxygens (including phenoxy) is 1. The van der Waals surface area contributed by atoms with Crippen molar-refractivity contribution < 1.29 is 13.2 Å². The molecule has 1 aromatic carbocycles. The molecule has 0 saturated heterocycles. The molecule has 0 radical (unpaired) electrons. The third kappa shape index (κ3) is 6.48. The van der Waals surface area contributed by atoms with Crippen molar-refractivity contribution in [3.8, 4) is 0 Å². The van der Waals surface area contributed by atoms with E-state index in [2.05, 4.69) is 36.7 Å². The number of hydrogen-bond acceptors (Lipinski definition) is 4. The Bertz CT molecular complexity index is 892. The maximum absolute atomic E-state index is 12.9. The van der Waals surface area contributed by atoms with E-state index in [1.54, 1.807) is 24.3 Å². The second kappa shape index (κ2) is 9.04. The zero-order valence-corrected chi connectivity index (χ0v) is 18.9. The largest absolute Gasteiger partial charge is 0.488 e. The predicted octanol–water partition coefficient (Wildman–Crippen LogP) is 5.10. The third-order valence-electron chi connectivity index (χ3n) is 4.03. The highest BCUT2D eigenvalue weighted by Gasteiger charge is 2.26. The van der Waals surface area contributed by atoms with Crippen LogP contribution in [-0.2, 0) is 14.8 Å². The van der Waals surface area contributed by atoms with Crippen LogP contribution in [0.15, 0.2) is 64.1 Å². The van der Waals surface area contributed by atoms with Crippen molar-refractivity contribution in [1.29, 1.82) is 0 Å². The number of thiophene rings is 1. The van der Waals surface area contributed by atoms with Crippen molar-refractivity contribution in [2.75, 3.05) is 6.61 Å². The highest BCUT2D eigenvalue weighted by molar-refractivity contribution is 7.89. The summed E-state index contributed by atoms with van der Waals surface area (Å²) in [7, 11) is -4.98. The number of nitrogens with one attached hydrogen (secondary N) is 1. The molecule has 0 aliphatic carbocycles. The van der Waals surface area contributed by atoms with E-state index in [0.717, 1.165) is 17.2 Å². The zero-order valence-electron chi connectivity index (χ0n) is 16.3. The van der Waals surface area contributed by atoms with Gasteiger partial charge in [0.25, 0.3) is 0 Å². The minimum absolute atomic E-state index is 0.221. The van der Waals surface area contributed by atoms with Gasteiger partial charge in [-0.25, -0.2) is 8.42 Å².